The van der Waals surface area contributed by atoms with Gasteiger partial charge in [0.15, 0.2) is 0 Å². The summed E-state index contributed by atoms with van der Waals surface area (Å²) in [5, 5.41) is 7.27. The number of carbonyl (C=O) groups is 2. The molecule has 2 aromatic heterocycles. The molecule has 148 valence electrons. The van der Waals surface area contributed by atoms with Crippen molar-refractivity contribution in [3.8, 4) is 5.69 Å². The number of rotatable bonds is 4. The van der Waals surface area contributed by atoms with E-state index in [1.165, 1.54) is 5.56 Å². The summed E-state index contributed by atoms with van der Waals surface area (Å²) in [5.41, 5.74) is 5.03. The number of pyridine rings is 1. The van der Waals surface area contributed by atoms with E-state index >= 15 is 0 Å². The fourth-order valence-corrected chi connectivity index (χ4v) is 3.73. The molecule has 1 aromatic carbocycles. The summed E-state index contributed by atoms with van der Waals surface area (Å²) in [7, 11) is 0. The van der Waals surface area contributed by atoms with E-state index in [4.69, 9.17) is 0 Å². The fourth-order valence-electron chi connectivity index (χ4n) is 3.73. The lowest BCUT2D eigenvalue weighted by atomic mass is 9.86. The van der Waals surface area contributed by atoms with E-state index in [1.54, 1.807) is 17.1 Å². The molecular weight excluding hydrogens is 364 g/mol. The van der Waals surface area contributed by atoms with E-state index in [0.717, 1.165) is 29.9 Å². The highest BCUT2D eigenvalue weighted by Gasteiger charge is 2.21. The summed E-state index contributed by atoms with van der Waals surface area (Å²) in [6, 6.07) is 11.8. The van der Waals surface area contributed by atoms with Crippen LogP contribution in [0.1, 0.15) is 58.9 Å². The predicted molar refractivity (Wildman–Crippen MR) is 111 cm³/mol. The zero-order chi connectivity index (χ0) is 20.4. The quantitative estimate of drug-likeness (QED) is 0.720. The van der Waals surface area contributed by atoms with Crippen LogP contribution in [0.4, 0.5) is 5.69 Å². The molecule has 1 amide bonds. The first-order valence-corrected chi connectivity index (χ1v) is 9.92. The largest absolute Gasteiger partial charge is 0.320 e. The molecule has 1 aliphatic carbocycles. The van der Waals surface area contributed by atoms with Crippen LogP contribution in [0.3, 0.4) is 0 Å². The minimum Gasteiger partial charge on any atom is -0.320 e. The SMILES string of the molecule is Cc1ccc(-n2ncc(C(=O)Nc3ccc(C4CCC(=O)CC4)nc3)c2C)cc1. The van der Waals surface area contributed by atoms with Crippen molar-refractivity contribution in [2.45, 2.75) is 45.4 Å². The topological polar surface area (TPSA) is 76.9 Å². The molecule has 0 atom stereocenters. The molecule has 0 spiro atoms. The number of hydrogen-bond acceptors (Lipinski definition) is 4. The number of carbonyl (C=O) groups excluding carboxylic acids is 2. The Kier molecular flexibility index (Phi) is 5.25. The zero-order valence-corrected chi connectivity index (χ0v) is 16.7. The number of anilines is 1. The number of Topliss-reactive ketones (excluding diaryl/α,β-unsaturated/α-hetero) is 1. The molecule has 0 radical (unpaired) electrons. The van der Waals surface area contributed by atoms with Crippen molar-refractivity contribution in [2.75, 3.05) is 5.32 Å². The maximum Gasteiger partial charge on any atom is 0.259 e. The van der Waals surface area contributed by atoms with Gasteiger partial charge in [-0.05, 0) is 51.0 Å². The van der Waals surface area contributed by atoms with Crippen LogP contribution in [-0.4, -0.2) is 26.5 Å². The first-order chi connectivity index (χ1) is 14.0. The van der Waals surface area contributed by atoms with Gasteiger partial charge in [-0.15, -0.1) is 0 Å². The van der Waals surface area contributed by atoms with Crippen molar-refractivity contribution in [3.05, 3.63) is 71.3 Å². The molecule has 6 nitrogen and oxygen atoms in total. The first-order valence-electron chi connectivity index (χ1n) is 9.92. The van der Waals surface area contributed by atoms with Crippen molar-refractivity contribution in [1.82, 2.24) is 14.8 Å². The van der Waals surface area contributed by atoms with Crippen LogP contribution in [0.2, 0.25) is 0 Å². The van der Waals surface area contributed by atoms with Gasteiger partial charge in [0.25, 0.3) is 5.91 Å². The smallest absolute Gasteiger partial charge is 0.259 e. The van der Waals surface area contributed by atoms with Crippen LogP contribution < -0.4 is 5.32 Å². The Morgan fingerprint density at radius 1 is 1.03 bits per heavy atom. The highest BCUT2D eigenvalue weighted by atomic mass is 16.1. The van der Waals surface area contributed by atoms with Gasteiger partial charge in [-0.25, -0.2) is 4.68 Å². The van der Waals surface area contributed by atoms with Gasteiger partial charge < -0.3 is 5.32 Å². The lowest BCUT2D eigenvalue weighted by Crippen LogP contribution is -2.15. The Morgan fingerprint density at radius 3 is 2.41 bits per heavy atom. The second-order valence-electron chi connectivity index (χ2n) is 7.63. The molecule has 0 saturated heterocycles. The Hall–Kier alpha value is -3.28. The van der Waals surface area contributed by atoms with Crippen molar-refractivity contribution >= 4 is 17.4 Å². The van der Waals surface area contributed by atoms with Crippen molar-refractivity contribution in [3.63, 3.8) is 0 Å². The molecule has 6 heteroatoms. The number of aromatic nitrogens is 3. The minimum absolute atomic E-state index is 0.210. The lowest BCUT2D eigenvalue weighted by molar-refractivity contribution is -0.120. The van der Waals surface area contributed by atoms with Crippen molar-refractivity contribution < 1.29 is 9.59 Å². The number of nitrogens with one attached hydrogen (secondary N) is 1. The maximum absolute atomic E-state index is 12.7. The normalized spacial score (nSPS) is 14.8. The van der Waals surface area contributed by atoms with Gasteiger partial charge in [0.2, 0.25) is 0 Å². The van der Waals surface area contributed by atoms with Gasteiger partial charge in [-0.3, -0.25) is 14.6 Å². The Labute approximate surface area is 170 Å². The zero-order valence-electron chi connectivity index (χ0n) is 16.7. The Bertz CT molecular complexity index is 1030. The van der Waals surface area contributed by atoms with Crippen LogP contribution in [0, 0.1) is 13.8 Å². The van der Waals surface area contributed by atoms with E-state index in [1.807, 2.05) is 50.2 Å². The standard InChI is InChI=1S/C23H24N4O2/c1-15-3-8-19(9-4-15)27-16(2)21(14-25-27)23(29)26-18-7-12-22(24-13-18)17-5-10-20(28)11-6-17/h3-4,7-9,12-14,17H,5-6,10-11H2,1-2H3,(H,26,29). The van der Waals surface area contributed by atoms with Gasteiger partial charge in [0.05, 0.1) is 35.0 Å². The first kappa shape index (κ1) is 19.1. The number of benzene rings is 1. The molecule has 3 aromatic rings. The predicted octanol–water partition coefficient (Wildman–Crippen LogP) is 4.36. The number of hydrogen-bond donors (Lipinski definition) is 1. The van der Waals surface area contributed by atoms with Crippen molar-refractivity contribution in [2.24, 2.45) is 0 Å². The maximum atomic E-state index is 12.7. The molecule has 0 unspecified atom stereocenters. The third-order valence-electron chi connectivity index (χ3n) is 5.54. The number of ketones is 1. The van der Waals surface area contributed by atoms with Crippen LogP contribution in [-0.2, 0) is 4.79 Å². The van der Waals surface area contributed by atoms with Gasteiger partial charge in [-0.1, -0.05) is 17.7 Å². The summed E-state index contributed by atoms with van der Waals surface area (Å²) in [5.74, 6) is 0.456. The summed E-state index contributed by atoms with van der Waals surface area (Å²) in [6.07, 6.45) is 6.25. The third-order valence-corrected chi connectivity index (χ3v) is 5.54. The summed E-state index contributed by atoms with van der Waals surface area (Å²) in [6.45, 7) is 3.92. The van der Waals surface area contributed by atoms with Crippen LogP contribution in [0.15, 0.2) is 48.8 Å². The number of amides is 1. The summed E-state index contributed by atoms with van der Waals surface area (Å²) in [4.78, 5) is 28.6. The molecular formula is C23H24N4O2. The number of nitrogens with zero attached hydrogens (tertiary/aromatic N) is 3. The van der Waals surface area contributed by atoms with E-state index in [2.05, 4.69) is 15.4 Å². The molecule has 1 N–H and O–H groups in total. The molecule has 0 bridgehead atoms. The Balaban J connectivity index is 1.45. The second-order valence-corrected chi connectivity index (χ2v) is 7.63. The van der Waals surface area contributed by atoms with E-state index in [9.17, 15) is 9.59 Å². The van der Waals surface area contributed by atoms with Gasteiger partial charge in [0.1, 0.15) is 5.78 Å². The molecule has 1 saturated carbocycles. The molecule has 0 aliphatic heterocycles. The second kappa shape index (κ2) is 7.99. The van der Waals surface area contributed by atoms with Gasteiger partial charge in [0, 0.05) is 24.5 Å². The van der Waals surface area contributed by atoms with Gasteiger partial charge >= 0.3 is 0 Å². The fraction of sp³-hybridized carbons (Fsp3) is 0.304. The summed E-state index contributed by atoms with van der Waals surface area (Å²) >= 11 is 0. The average Bonchev–Trinajstić information content (AvgIpc) is 3.11. The molecule has 1 aliphatic rings. The average molecular weight is 388 g/mol. The lowest BCUT2D eigenvalue weighted by Gasteiger charge is -2.20. The molecule has 1 fully saturated rings. The summed E-state index contributed by atoms with van der Waals surface area (Å²) < 4.78 is 1.76. The molecule has 29 heavy (non-hydrogen) atoms. The van der Waals surface area contributed by atoms with Crippen LogP contribution >= 0.6 is 0 Å². The monoisotopic (exact) mass is 388 g/mol. The van der Waals surface area contributed by atoms with E-state index in [0.29, 0.717) is 35.8 Å². The molecule has 2 heterocycles. The highest BCUT2D eigenvalue weighted by molar-refractivity contribution is 6.04. The van der Waals surface area contributed by atoms with Gasteiger partial charge in [-0.2, -0.15) is 5.10 Å². The van der Waals surface area contributed by atoms with E-state index in [-0.39, 0.29) is 5.91 Å². The Morgan fingerprint density at radius 2 is 1.76 bits per heavy atom. The third kappa shape index (κ3) is 4.11. The van der Waals surface area contributed by atoms with Crippen LogP contribution in [0.5, 0.6) is 0 Å². The highest BCUT2D eigenvalue weighted by Crippen LogP contribution is 2.30. The van der Waals surface area contributed by atoms with E-state index < -0.39 is 0 Å². The molecule has 4 rings (SSSR count). The minimum atomic E-state index is -0.210. The number of aryl methyl sites for hydroxylation is 1. The van der Waals surface area contributed by atoms with Crippen molar-refractivity contribution in [1.29, 1.82) is 0 Å². The van der Waals surface area contributed by atoms with Crippen LogP contribution in [0.25, 0.3) is 5.69 Å².